The minimum atomic E-state index is -0.219. The molecule has 2 unspecified atom stereocenters. The third-order valence-corrected chi connectivity index (χ3v) is 5.71. The number of halogens is 2. The van der Waals surface area contributed by atoms with Crippen LogP contribution in [0, 0.1) is 5.92 Å². The Morgan fingerprint density at radius 2 is 1.96 bits per heavy atom. The normalized spacial score (nSPS) is 22.1. The zero-order valence-electron chi connectivity index (χ0n) is 15.1. The summed E-state index contributed by atoms with van der Waals surface area (Å²) in [5, 5.41) is 8.21. The van der Waals surface area contributed by atoms with E-state index < -0.39 is 0 Å². The van der Waals surface area contributed by atoms with Gasteiger partial charge in [0.2, 0.25) is 5.82 Å². The Bertz CT molecular complexity index is 805. The van der Waals surface area contributed by atoms with Crippen LogP contribution in [0.15, 0.2) is 24.3 Å². The Balaban J connectivity index is 0.00000210. The first-order valence-corrected chi connectivity index (χ1v) is 9.78. The highest BCUT2D eigenvalue weighted by Gasteiger charge is 2.33. The number of aromatic nitrogens is 3. The zero-order valence-corrected chi connectivity index (χ0v) is 16.7. The van der Waals surface area contributed by atoms with Gasteiger partial charge in [-0.15, -0.1) is 17.5 Å². The second-order valence-electron chi connectivity index (χ2n) is 7.29. The fraction of sp³-hybridized carbons (Fsp3) is 0.526. The Kier molecular flexibility index (Phi) is 6.40. The van der Waals surface area contributed by atoms with Gasteiger partial charge in [-0.05, 0) is 50.3 Å². The van der Waals surface area contributed by atoms with Gasteiger partial charge in [-0.3, -0.25) is 4.79 Å². The average Bonchev–Trinajstić information content (AvgIpc) is 3.41. The van der Waals surface area contributed by atoms with Gasteiger partial charge < -0.3 is 11.1 Å². The Hall–Kier alpha value is -1.63. The molecule has 1 heterocycles. The van der Waals surface area contributed by atoms with Gasteiger partial charge in [-0.25, -0.2) is 9.67 Å². The molecule has 0 spiro atoms. The molecule has 1 aromatic heterocycles. The number of nitrogens with two attached hydrogens (primary N) is 1. The van der Waals surface area contributed by atoms with Gasteiger partial charge >= 0.3 is 0 Å². The molecule has 2 aliphatic carbocycles. The van der Waals surface area contributed by atoms with Crippen molar-refractivity contribution in [2.75, 3.05) is 6.54 Å². The van der Waals surface area contributed by atoms with Gasteiger partial charge in [0.15, 0.2) is 0 Å². The maximum Gasteiger partial charge on any atom is 0.291 e. The molecule has 6 nitrogen and oxygen atoms in total. The summed E-state index contributed by atoms with van der Waals surface area (Å²) in [6.07, 6.45) is 6.48. The molecule has 2 saturated carbocycles. The van der Waals surface area contributed by atoms with Crippen LogP contribution in [-0.4, -0.2) is 33.3 Å². The maximum absolute atomic E-state index is 12.8. The Labute approximate surface area is 170 Å². The predicted octanol–water partition coefficient (Wildman–Crippen LogP) is 3.47. The van der Waals surface area contributed by atoms with Crippen molar-refractivity contribution in [3.05, 3.63) is 40.9 Å². The molecule has 0 saturated heterocycles. The number of hydrogen-bond acceptors (Lipinski definition) is 4. The second-order valence-corrected chi connectivity index (χ2v) is 7.70. The molecule has 1 amide bonds. The summed E-state index contributed by atoms with van der Waals surface area (Å²) < 4.78 is 1.73. The summed E-state index contributed by atoms with van der Waals surface area (Å²) in [5.41, 5.74) is 6.64. The Morgan fingerprint density at radius 3 is 2.67 bits per heavy atom. The Morgan fingerprint density at radius 1 is 1.22 bits per heavy atom. The smallest absolute Gasteiger partial charge is 0.291 e. The van der Waals surface area contributed by atoms with Crippen LogP contribution in [0.4, 0.5) is 0 Å². The van der Waals surface area contributed by atoms with Gasteiger partial charge in [-0.2, -0.15) is 0 Å². The molecule has 8 heteroatoms. The summed E-state index contributed by atoms with van der Waals surface area (Å²) in [7, 11) is 0. The van der Waals surface area contributed by atoms with E-state index in [4.69, 9.17) is 17.3 Å². The number of carbonyl (C=O) groups is 1. The van der Waals surface area contributed by atoms with E-state index in [1.54, 1.807) is 4.68 Å². The number of para-hydroxylation sites is 1. The number of amides is 1. The highest BCUT2D eigenvalue weighted by molar-refractivity contribution is 6.32. The molecule has 0 aliphatic heterocycles. The number of hydrogen-bond donors (Lipinski definition) is 2. The molecule has 2 aromatic rings. The fourth-order valence-corrected chi connectivity index (χ4v) is 3.96. The summed E-state index contributed by atoms with van der Waals surface area (Å²) in [6.45, 7) is 0.597. The van der Waals surface area contributed by atoms with Crippen LogP contribution in [0.2, 0.25) is 5.02 Å². The largest absolute Gasteiger partial charge is 0.346 e. The van der Waals surface area contributed by atoms with Crippen LogP contribution in [0.3, 0.4) is 0 Å². The number of rotatable bonds is 5. The van der Waals surface area contributed by atoms with E-state index in [9.17, 15) is 4.79 Å². The molecule has 27 heavy (non-hydrogen) atoms. The van der Waals surface area contributed by atoms with Crippen molar-refractivity contribution in [1.82, 2.24) is 20.1 Å². The van der Waals surface area contributed by atoms with Crippen molar-refractivity contribution >= 4 is 29.9 Å². The quantitative estimate of drug-likeness (QED) is 0.791. The first-order chi connectivity index (χ1) is 12.7. The lowest BCUT2D eigenvalue weighted by Crippen LogP contribution is -2.45. The number of nitrogens with one attached hydrogen (secondary N) is 1. The van der Waals surface area contributed by atoms with Crippen molar-refractivity contribution in [1.29, 1.82) is 0 Å². The SMILES string of the molecule is Cl.NCC1CCCCC1NC(=O)c1nc(C2CC2)n(-c2ccccc2Cl)n1. The van der Waals surface area contributed by atoms with Gasteiger partial charge in [0.1, 0.15) is 5.82 Å². The molecule has 3 N–H and O–H groups in total. The maximum atomic E-state index is 12.8. The van der Waals surface area contributed by atoms with E-state index in [2.05, 4.69) is 15.4 Å². The third-order valence-electron chi connectivity index (χ3n) is 5.39. The zero-order chi connectivity index (χ0) is 18.1. The first-order valence-electron chi connectivity index (χ1n) is 9.40. The van der Waals surface area contributed by atoms with Crippen molar-refractivity contribution in [2.24, 2.45) is 11.7 Å². The topological polar surface area (TPSA) is 85.8 Å². The lowest BCUT2D eigenvalue weighted by atomic mass is 9.84. The van der Waals surface area contributed by atoms with Crippen molar-refractivity contribution in [3.63, 3.8) is 0 Å². The van der Waals surface area contributed by atoms with Gasteiger partial charge in [-0.1, -0.05) is 36.6 Å². The molecule has 0 radical (unpaired) electrons. The highest BCUT2D eigenvalue weighted by Crippen LogP contribution is 2.40. The second kappa shape index (κ2) is 8.59. The van der Waals surface area contributed by atoms with E-state index in [1.807, 2.05) is 24.3 Å². The fourth-order valence-electron chi connectivity index (χ4n) is 3.74. The van der Waals surface area contributed by atoms with E-state index in [0.29, 0.717) is 23.4 Å². The molecule has 0 bridgehead atoms. The molecule has 2 atom stereocenters. The lowest BCUT2D eigenvalue weighted by Gasteiger charge is -2.30. The van der Waals surface area contributed by atoms with Crippen LogP contribution < -0.4 is 11.1 Å². The molecule has 4 rings (SSSR count). The minimum Gasteiger partial charge on any atom is -0.346 e. The molecule has 2 fully saturated rings. The van der Waals surface area contributed by atoms with Crippen LogP contribution in [-0.2, 0) is 0 Å². The standard InChI is InChI=1S/C19H24ClN5O.ClH/c20-14-6-2-4-8-16(14)25-18(12-9-10-12)23-17(24-25)19(26)22-15-7-3-1-5-13(15)11-21;/h2,4,6,8,12-13,15H,1,3,5,7,9-11,21H2,(H,22,26);1H. The molecular formula is C19H25Cl2N5O. The number of nitrogens with zero attached hydrogens (tertiary/aromatic N) is 3. The summed E-state index contributed by atoms with van der Waals surface area (Å²) >= 11 is 6.34. The first kappa shape index (κ1) is 20.1. The van der Waals surface area contributed by atoms with Crippen LogP contribution in [0.1, 0.15) is 60.9 Å². The van der Waals surface area contributed by atoms with Gasteiger partial charge in [0.25, 0.3) is 5.91 Å². The summed E-state index contributed by atoms with van der Waals surface area (Å²) in [5.74, 6) is 1.51. The van der Waals surface area contributed by atoms with Crippen LogP contribution in [0.25, 0.3) is 5.69 Å². The van der Waals surface area contributed by atoms with Crippen LogP contribution >= 0.6 is 24.0 Å². The van der Waals surface area contributed by atoms with Crippen LogP contribution in [0.5, 0.6) is 0 Å². The highest BCUT2D eigenvalue weighted by atomic mass is 35.5. The van der Waals surface area contributed by atoms with E-state index >= 15 is 0 Å². The molecule has 146 valence electrons. The van der Waals surface area contributed by atoms with Crippen molar-refractivity contribution in [2.45, 2.75) is 50.5 Å². The van der Waals surface area contributed by atoms with Gasteiger partial charge in [0, 0.05) is 12.0 Å². The lowest BCUT2D eigenvalue weighted by molar-refractivity contribution is 0.0897. The number of carbonyl (C=O) groups excluding carboxylic acids is 1. The van der Waals surface area contributed by atoms with Crippen molar-refractivity contribution < 1.29 is 4.79 Å². The van der Waals surface area contributed by atoms with Crippen molar-refractivity contribution in [3.8, 4) is 5.69 Å². The summed E-state index contributed by atoms with van der Waals surface area (Å²) in [4.78, 5) is 17.3. The van der Waals surface area contributed by atoms with E-state index in [0.717, 1.165) is 43.6 Å². The van der Waals surface area contributed by atoms with Gasteiger partial charge in [0.05, 0.1) is 10.7 Å². The number of benzene rings is 1. The molecular weight excluding hydrogens is 385 g/mol. The third kappa shape index (κ3) is 4.28. The minimum absolute atomic E-state index is 0. The average molecular weight is 410 g/mol. The molecule has 2 aliphatic rings. The monoisotopic (exact) mass is 409 g/mol. The van der Waals surface area contributed by atoms with E-state index in [-0.39, 0.29) is 30.2 Å². The predicted molar refractivity (Wildman–Crippen MR) is 108 cm³/mol. The van der Waals surface area contributed by atoms with E-state index in [1.165, 1.54) is 6.42 Å². The molecule has 1 aromatic carbocycles. The summed E-state index contributed by atoms with van der Waals surface area (Å²) in [6, 6.07) is 7.62.